The first kappa shape index (κ1) is 44.4. The van der Waals surface area contributed by atoms with Gasteiger partial charge in [0.05, 0.1) is 35.1 Å². The summed E-state index contributed by atoms with van der Waals surface area (Å²) in [5.74, 6) is -4.76. The van der Waals surface area contributed by atoms with E-state index in [4.69, 9.17) is 23.8 Å². The first-order chi connectivity index (χ1) is 25.9. The SMILES string of the molecule is CC[C@H]1OC(=O)[C@H](C)C(=O)[C@H](C)[C@@H](O[C@@H]2O[C@H](C)C[C@H](N(C)C)[C@H]2O)[C@](C)(OC)C[C@@H](C)/C(=N\OC/C=C/c2cnc3ccccc3c2)[C@H](C)[C@@H](O)[C@]1(C)O. The van der Waals surface area contributed by atoms with Gasteiger partial charge in [0, 0.05) is 42.5 Å². The van der Waals surface area contributed by atoms with E-state index in [1.807, 2.05) is 75.3 Å². The van der Waals surface area contributed by atoms with Gasteiger partial charge < -0.3 is 44.0 Å². The first-order valence-corrected chi connectivity index (χ1v) is 19.4. The summed E-state index contributed by atoms with van der Waals surface area (Å²) in [6.45, 7) is 13.7. The predicted molar refractivity (Wildman–Crippen MR) is 210 cm³/mol. The highest BCUT2D eigenvalue weighted by Crippen LogP contribution is 2.38. The number of cyclic esters (lactones) is 1. The maximum atomic E-state index is 14.2. The molecule has 2 fully saturated rings. The van der Waals surface area contributed by atoms with E-state index in [0.717, 1.165) is 16.5 Å². The number of methoxy groups -OCH3 is 1. The largest absolute Gasteiger partial charge is 0.459 e. The summed E-state index contributed by atoms with van der Waals surface area (Å²) in [5, 5.41) is 40.6. The van der Waals surface area contributed by atoms with Crippen LogP contribution in [0, 0.1) is 23.7 Å². The Morgan fingerprint density at radius 2 is 1.76 bits per heavy atom. The number of ketones is 1. The Hall–Kier alpha value is -3.30. The molecule has 2 saturated heterocycles. The van der Waals surface area contributed by atoms with Gasteiger partial charge in [-0.05, 0) is 84.8 Å². The van der Waals surface area contributed by atoms with Crippen molar-refractivity contribution in [1.82, 2.24) is 9.88 Å². The Balaban J connectivity index is 1.73. The minimum Gasteiger partial charge on any atom is -0.459 e. The smallest absolute Gasteiger partial charge is 0.316 e. The highest BCUT2D eigenvalue weighted by Gasteiger charge is 2.51. The lowest BCUT2D eigenvalue weighted by Gasteiger charge is -2.47. The molecule has 306 valence electrons. The lowest BCUT2D eigenvalue weighted by atomic mass is 9.74. The van der Waals surface area contributed by atoms with E-state index in [0.29, 0.717) is 12.1 Å². The number of Topliss-reactive ketones (excluding diaryl/α,β-unsaturated/α-hetero) is 1. The zero-order valence-electron chi connectivity index (χ0n) is 34.3. The Kier molecular flexibility index (Phi) is 15.2. The number of aliphatic hydroxyl groups excluding tert-OH is 2. The monoisotopic (exact) mass is 769 g/mol. The van der Waals surface area contributed by atoms with E-state index < -0.39 is 77.3 Å². The topological polar surface area (TPSA) is 169 Å². The van der Waals surface area contributed by atoms with Crippen LogP contribution in [0.25, 0.3) is 17.0 Å². The molecule has 0 bridgehead atoms. The van der Waals surface area contributed by atoms with Gasteiger partial charge >= 0.3 is 5.97 Å². The number of nitrogens with zero attached hydrogens (tertiary/aromatic N) is 3. The van der Waals surface area contributed by atoms with Gasteiger partial charge in [0.1, 0.15) is 30.3 Å². The van der Waals surface area contributed by atoms with Crippen molar-refractivity contribution < 1.29 is 48.7 Å². The average Bonchev–Trinajstić information content (AvgIpc) is 3.15. The maximum absolute atomic E-state index is 14.2. The quantitative estimate of drug-likeness (QED) is 0.138. The molecule has 4 rings (SSSR count). The molecule has 0 unspecified atom stereocenters. The van der Waals surface area contributed by atoms with Crippen LogP contribution in [0.3, 0.4) is 0 Å². The zero-order chi connectivity index (χ0) is 40.8. The number of pyridine rings is 1. The van der Waals surface area contributed by atoms with Gasteiger partial charge in [-0.2, -0.15) is 0 Å². The van der Waals surface area contributed by atoms with Crippen molar-refractivity contribution in [3.05, 3.63) is 48.2 Å². The van der Waals surface area contributed by atoms with Crippen LogP contribution in [-0.4, -0.2) is 125 Å². The number of aromatic nitrogens is 1. The number of oxime groups is 1. The third kappa shape index (κ3) is 10.2. The summed E-state index contributed by atoms with van der Waals surface area (Å²) in [6.07, 6.45) is 0.376. The molecule has 0 amide bonds. The van der Waals surface area contributed by atoms with E-state index in [-0.39, 0.29) is 31.6 Å². The van der Waals surface area contributed by atoms with Crippen LogP contribution in [0.2, 0.25) is 0 Å². The van der Waals surface area contributed by atoms with Gasteiger partial charge in [-0.1, -0.05) is 57.1 Å². The Labute approximate surface area is 326 Å². The maximum Gasteiger partial charge on any atom is 0.316 e. The third-order valence-corrected chi connectivity index (χ3v) is 11.6. The van der Waals surface area contributed by atoms with Crippen molar-refractivity contribution in [1.29, 1.82) is 0 Å². The third-order valence-electron chi connectivity index (χ3n) is 11.6. The fourth-order valence-electron chi connectivity index (χ4n) is 8.13. The van der Waals surface area contributed by atoms with Crippen molar-refractivity contribution in [2.24, 2.45) is 28.8 Å². The Bertz CT molecular complexity index is 1660. The van der Waals surface area contributed by atoms with E-state index in [1.54, 1.807) is 33.9 Å². The fraction of sp³-hybridized carbons (Fsp3) is 0.667. The van der Waals surface area contributed by atoms with E-state index in [2.05, 4.69) is 10.1 Å². The average molecular weight is 770 g/mol. The van der Waals surface area contributed by atoms with Gasteiger partial charge in [0.25, 0.3) is 0 Å². The summed E-state index contributed by atoms with van der Waals surface area (Å²) in [6, 6.07) is 9.59. The van der Waals surface area contributed by atoms with Gasteiger partial charge in [-0.3, -0.25) is 14.6 Å². The minimum atomic E-state index is -1.92. The number of carbonyl (C=O) groups is 2. The van der Waals surface area contributed by atoms with Crippen molar-refractivity contribution in [3.63, 3.8) is 0 Å². The predicted octanol–water partition coefficient (Wildman–Crippen LogP) is 4.79. The van der Waals surface area contributed by atoms with Gasteiger partial charge in [-0.25, -0.2) is 0 Å². The summed E-state index contributed by atoms with van der Waals surface area (Å²) < 4.78 is 24.8. The van der Waals surface area contributed by atoms with Crippen LogP contribution in [-0.2, 0) is 33.4 Å². The lowest BCUT2D eigenvalue weighted by molar-refractivity contribution is -0.295. The van der Waals surface area contributed by atoms with E-state index >= 15 is 0 Å². The molecule has 13 nitrogen and oxygen atoms in total. The molecule has 13 atom stereocenters. The normalized spacial score (nSPS) is 38.0. The molecular formula is C42H63N3O10. The molecule has 3 heterocycles. The highest BCUT2D eigenvalue weighted by atomic mass is 16.7. The van der Waals surface area contributed by atoms with Gasteiger partial charge in [-0.15, -0.1) is 0 Å². The summed E-state index contributed by atoms with van der Waals surface area (Å²) in [4.78, 5) is 40.0. The van der Waals surface area contributed by atoms with Crippen LogP contribution < -0.4 is 0 Å². The Morgan fingerprint density at radius 1 is 1.07 bits per heavy atom. The molecule has 3 N–H and O–H groups in total. The molecule has 2 aliphatic heterocycles. The molecule has 0 spiro atoms. The number of ether oxygens (including phenoxy) is 4. The van der Waals surface area contributed by atoms with Gasteiger partial charge in [0.2, 0.25) is 0 Å². The second kappa shape index (κ2) is 18.8. The number of esters is 1. The molecule has 0 saturated carbocycles. The Morgan fingerprint density at radius 3 is 2.42 bits per heavy atom. The lowest BCUT2D eigenvalue weighted by Crippen LogP contribution is -2.60. The molecule has 1 aromatic carbocycles. The number of hydrogen-bond donors (Lipinski definition) is 3. The zero-order valence-corrected chi connectivity index (χ0v) is 34.3. The minimum absolute atomic E-state index is 0.0935. The van der Waals surface area contributed by atoms with Crippen molar-refractivity contribution in [2.75, 3.05) is 27.8 Å². The number of benzene rings is 1. The highest BCUT2D eigenvalue weighted by molar-refractivity contribution is 6.00. The molecule has 13 heteroatoms. The number of fused-ring (bicyclic) bond motifs is 1. The molecule has 55 heavy (non-hydrogen) atoms. The number of hydrogen-bond acceptors (Lipinski definition) is 13. The van der Waals surface area contributed by atoms with Gasteiger partial charge in [0.15, 0.2) is 12.1 Å². The first-order valence-electron chi connectivity index (χ1n) is 19.4. The molecule has 2 aliphatic rings. The van der Waals surface area contributed by atoms with Crippen molar-refractivity contribution in [2.45, 2.75) is 129 Å². The standard InChI is InChI=1S/C42H63N3O10/c1-12-33-42(8,50)37(48)26(4)34(44-52-19-15-16-29-21-30-17-13-14-18-31(30)43-23-29)24(2)22-41(7,51-11)38(27(5)35(46)28(6)39(49)54-33)55-40-36(47)32(45(9)10)20-25(3)53-40/h13-18,21,23-28,32-33,36-38,40,47-48,50H,12,19-20,22H2,1-11H3/b16-15+,44-34+/t24-,25-,26+,27+,28-,32+,33-,36-,37-,38-,40+,41-,42-/m1/s1. The number of carbonyl (C=O) groups excluding carboxylic acids is 2. The van der Waals surface area contributed by atoms with Crippen LogP contribution >= 0.6 is 0 Å². The second-order valence-electron chi connectivity index (χ2n) is 16.1. The number of aliphatic hydroxyl groups is 3. The molecule has 0 aliphatic carbocycles. The summed E-state index contributed by atoms with van der Waals surface area (Å²) in [7, 11) is 5.26. The molecule has 2 aromatic rings. The summed E-state index contributed by atoms with van der Waals surface area (Å²) in [5.41, 5.74) is -0.957. The van der Waals surface area contributed by atoms with Crippen LogP contribution in [0.5, 0.6) is 0 Å². The van der Waals surface area contributed by atoms with Crippen LogP contribution in [0.4, 0.5) is 0 Å². The van der Waals surface area contributed by atoms with E-state index in [1.165, 1.54) is 21.0 Å². The molecule has 0 radical (unpaired) electrons. The second-order valence-corrected chi connectivity index (χ2v) is 16.1. The molecular weight excluding hydrogens is 706 g/mol. The van der Waals surface area contributed by atoms with Crippen molar-refractivity contribution in [3.8, 4) is 0 Å². The van der Waals surface area contributed by atoms with E-state index in [9.17, 15) is 24.9 Å². The number of likely N-dealkylation sites (N-methyl/N-ethyl adjacent to an activating group) is 1. The fourth-order valence-corrected chi connectivity index (χ4v) is 8.13. The number of rotatable bonds is 9. The van der Waals surface area contributed by atoms with Crippen molar-refractivity contribution >= 4 is 34.4 Å². The van der Waals surface area contributed by atoms with Crippen LogP contribution in [0.1, 0.15) is 80.2 Å². The number of para-hydroxylation sites is 1. The summed E-state index contributed by atoms with van der Waals surface area (Å²) >= 11 is 0. The molecule has 1 aromatic heterocycles. The van der Waals surface area contributed by atoms with Crippen LogP contribution in [0.15, 0.2) is 47.8 Å².